The number of halogens is 2. The number of nitrogens with zero attached hydrogens (tertiary/aromatic N) is 3. The maximum absolute atomic E-state index is 13.0. The molecule has 28 heavy (non-hydrogen) atoms. The van der Waals surface area contributed by atoms with E-state index in [-0.39, 0.29) is 21.1 Å². The molecule has 0 N–H and O–H groups in total. The molecule has 9 heteroatoms. The summed E-state index contributed by atoms with van der Waals surface area (Å²) in [6, 6.07) is 7.89. The Morgan fingerprint density at radius 2 is 1.79 bits per heavy atom. The van der Waals surface area contributed by atoms with Crippen LogP contribution in [0.25, 0.3) is 0 Å². The molecule has 6 nitrogen and oxygen atoms in total. The average Bonchev–Trinajstić information content (AvgIpc) is 2.66. The minimum absolute atomic E-state index is 0.147. The van der Waals surface area contributed by atoms with Crippen molar-refractivity contribution in [1.82, 2.24) is 9.29 Å². The Balaban J connectivity index is 1.98. The molecule has 0 fully saturated rings. The number of aryl methyl sites for hydroxylation is 1. The Bertz CT molecular complexity index is 987. The third-order valence-electron chi connectivity index (χ3n) is 4.77. The second kappa shape index (κ2) is 8.37. The lowest BCUT2D eigenvalue weighted by Crippen LogP contribution is -2.36. The van der Waals surface area contributed by atoms with Gasteiger partial charge in [-0.3, -0.25) is 4.79 Å². The summed E-state index contributed by atoms with van der Waals surface area (Å²) in [6.07, 6.45) is 1.44. The number of carbonyl (C=O) groups is 1. The van der Waals surface area contributed by atoms with Crippen LogP contribution in [0.2, 0.25) is 10.3 Å². The van der Waals surface area contributed by atoms with Gasteiger partial charge in [0, 0.05) is 30.9 Å². The highest BCUT2D eigenvalue weighted by atomic mass is 35.5. The molecule has 1 aliphatic rings. The van der Waals surface area contributed by atoms with E-state index in [0.717, 1.165) is 12.0 Å². The fourth-order valence-corrected chi connectivity index (χ4v) is 5.37. The van der Waals surface area contributed by atoms with Crippen molar-refractivity contribution in [3.05, 3.63) is 51.8 Å². The summed E-state index contributed by atoms with van der Waals surface area (Å²) in [5.41, 5.74) is 1.88. The van der Waals surface area contributed by atoms with E-state index >= 15 is 0 Å². The smallest absolute Gasteiger partial charge is 0.258 e. The minimum atomic E-state index is -3.55. The number of hydrogen-bond acceptors (Lipinski definition) is 4. The summed E-state index contributed by atoms with van der Waals surface area (Å²) in [5.74, 6) is -0.244. The van der Waals surface area contributed by atoms with E-state index in [9.17, 15) is 13.2 Å². The summed E-state index contributed by atoms with van der Waals surface area (Å²) in [6.45, 7) is 4.97. The topological polar surface area (TPSA) is 70.6 Å². The molecule has 1 amide bonds. The van der Waals surface area contributed by atoms with Crippen LogP contribution in [-0.2, 0) is 16.4 Å². The van der Waals surface area contributed by atoms with Crippen molar-refractivity contribution in [2.75, 3.05) is 24.5 Å². The van der Waals surface area contributed by atoms with E-state index in [4.69, 9.17) is 23.2 Å². The van der Waals surface area contributed by atoms with E-state index in [1.54, 1.807) is 23.1 Å². The molecule has 0 saturated carbocycles. The lowest BCUT2D eigenvalue weighted by Gasteiger charge is -2.30. The quantitative estimate of drug-likeness (QED) is 0.656. The highest BCUT2D eigenvalue weighted by Gasteiger charge is 2.27. The van der Waals surface area contributed by atoms with Gasteiger partial charge in [-0.15, -0.1) is 0 Å². The molecule has 1 aliphatic heterocycles. The molecule has 2 heterocycles. The Morgan fingerprint density at radius 1 is 1.14 bits per heavy atom. The Kier molecular flexibility index (Phi) is 6.29. The fraction of sp³-hybridized carbons (Fsp3) is 0.368. The van der Waals surface area contributed by atoms with Crippen LogP contribution in [0.1, 0.15) is 36.2 Å². The van der Waals surface area contributed by atoms with Crippen molar-refractivity contribution >= 4 is 44.8 Å². The first-order valence-corrected chi connectivity index (χ1v) is 11.3. The number of aromatic nitrogens is 1. The first kappa shape index (κ1) is 21.0. The van der Waals surface area contributed by atoms with Gasteiger partial charge in [0.05, 0.1) is 4.90 Å². The number of anilines is 1. The molecule has 0 saturated heterocycles. The molecule has 0 radical (unpaired) electrons. The van der Waals surface area contributed by atoms with Crippen LogP contribution in [-0.4, -0.2) is 43.2 Å². The largest absolute Gasteiger partial charge is 0.308 e. The van der Waals surface area contributed by atoms with Crippen molar-refractivity contribution in [3.63, 3.8) is 0 Å². The van der Waals surface area contributed by atoms with E-state index in [2.05, 4.69) is 4.98 Å². The Hall–Kier alpha value is -1.67. The van der Waals surface area contributed by atoms with Gasteiger partial charge in [-0.2, -0.15) is 4.31 Å². The van der Waals surface area contributed by atoms with Crippen LogP contribution >= 0.6 is 23.2 Å². The van der Waals surface area contributed by atoms with Crippen molar-refractivity contribution in [1.29, 1.82) is 0 Å². The van der Waals surface area contributed by atoms with Crippen LogP contribution < -0.4 is 4.90 Å². The van der Waals surface area contributed by atoms with Gasteiger partial charge in [0.1, 0.15) is 10.3 Å². The predicted molar refractivity (Wildman–Crippen MR) is 111 cm³/mol. The van der Waals surface area contributed by atoms with Crippen molar-refractivity contribution in [2.45, 2.75) is 31.6 Å². The summed E-state index contributed by atoms with van der Waals surface area (Å²) < 4.78 is 27.0. The van der Waals surface area contributed by atoms with Gasteiger partial charge < -0.3 is 4.90 Å². The van der Waals surface area contributed by atoms with Gasteiger partial charge in [-0.1, -0.05) is 37.0 Å². The van der Waals surface area contributed by atoms with E-state index < -0.39 is 10.0 Å². The number of hydrogen-bond donors (Lipinski definition) is 0. The van der Waals surface area contributed by atoms with E-state index in [1.807, 2.05) is 13.8 Å². The molecule has 150 valence electrons. The van der Waals surface area contributed by atoms with Crippen molar-refractivity contribution < 1.29 is 13.2 Å². The summed E-state index contributed by atoms with van der Waals surface area (Å²) >= 11 is 11.8. The number of sulfonamides is 1. The fourth-order valence-electron chi connectivity index (χ4n) is 3.40. The van der Waals surface area contributed by atoms with Gasteiger partial charge in [0.2, 0.25) is 10.0 Å². The molecule has 2 aromatic rings. The van der Waals surface area contributed by atoms with Gasteiger partial charge in [0.25, 0.3) is 5.91 Å². The SMILES string of the molecule is CCN(CC)S(=O)(=O)c1ccc2c(c1)CCCN2C(=O)c1cc(Cl)nc(Cl)c1. The number of amides is 1. The summed E-state index contributed by atoms with van der Waals surface area (Å²) in [5, 5.41) is 0.294. The normalized spacial score (nSPS) is 14.2. The molecule has 0 bridgehead atoms. The molecule has 1 aromatic carbocycles. The third kappa shape index (κ3) is 4.03. The summed E-state index contributed by atoms with van der Waals surface area (Å²) in [7, 11) is -3.55. The summed E-state index contributed by atoms with van der Waals surface area (Å²) in [4.78, 5) is 18.8. The third-order valence-corrected chi connectivity index (χ3v) is 7.20. The van der Waals surface area contributed by atoms with Gasteiger partial charge in [-0.25, -0.2) is 13.4 Å². The highest BCUT2D eigenvalue weighted by molar-refractivity contribution is 7.89. The van der Waals surface area contributed by atoms with Crippen molar-refractivity contribution in [2.24, 2.45) is 0 Å². The van der Waals surface area contributed by atoms with Gasteiger partial charge in [-0.05, 0) is 48.7 Å². The lowest BCUT2D eigenvalue weighted by molar-refractivity contribution is 0.0985. The molecule has 0 spiro atoms. The molecule has 1 aromatic heterocycles. The second-order valence-corrected chi connectivity index (χ2v) is 9.15. The Morgan fingerprint density at radius 3 is 2.39 bits per heavy atom. The van der Waals surface area contributed by atoms with Gasteiger partial charge >= 0.3 is 0 Å². The molecule has 0 aliphatic carbocycles. The minimum Gasteiger partial charge on any atom is -0.308 e. The zero-order valence-corrected chi connectivity index (χ0v) is 18.0. The number of rotatable bonds is 5. The van der Waals surface area contributed by atoms with Crippen LogP contribution in [0.5, 0.6) is 0 Å². The molecule has 0 atom stereocenters. The zero-order valence-electron chi connectivity index (χ0n) is 15.7. The lowest BCUT2D eigenvalue weighted by atomic mass is 10.0. The number of fused-ring (bicyclic) bond motifs is 1. The number of carbonyl (C=O) groups excluding carboxylic acids is 1. The van der Waals surface area contributed by atoms with Crippen LogP contribution in [0.15, 0.2) is 35.2 Å². The zero-order chi connectivity index (χ0) is 20.5. The maximum atomic E-state index is 13.0. The Labute approximate surface area is 175 Å². The average molecular weight is 442 g/mol. The molecular formula is C19H21Cl2N3O3S. The standard InChI is InChI=1S/C19H21Cl2N3O3S/c1-3-23(4-2)28(26,27)15-7-8-16-13(10-15)6-5-9-24(16)19(25)14-11-17(20)22-18(21)12-14/h7-8,10-12H,3-6,9H2,1-2H3. The molecule has 0 unspecified atom stereocenters. The monoisotopic (exact) mass is 441 g/mol. The molecular weight excluding hydrogens is 421 g/mol. The van der Waals surface area contributed by atoms with Crippen LogP contribution in [0.4, 0.5) is 5.69 Å². The van der Waals surface area contributed by atoms with Crippen molar-refractivity contribution in [3.8, 4) is 0 Å². The first-order valence-electron chi connectivity index (χ1n) is 9.06. The van der Waals surface area contributed by atoms with Gasteiger partial charge in [0.15, 0.2) is 0 Å². The van der Waals surface area contributed by atoms with Crippen LogP contribution in [0.3, 0.4) is 0 Å². The second-order valence-electron chi connectivity index (χ2n) is 6.44. The van der Waals surface area contributed by atoms with E-state index in [0.29, 0.717) is 37.3 Å². The number of pyridine rings is 1. The van der Waals surface area contributed by atoms with E-state index in [1.165, 1.54) is 16.4 Å². The predicted octanol–water partition coefficient (Wildman–Crippen LogP) is 4.01. The molecule has 3 rings (SSSR count). The highest BCUT2D eigenvalue weighted by Crippen LogP contribution is 2.32. The van der Waals surface area contributed by atoms with Crippen LogP contribution in [0, 0.1) is 0 Å². The first-order chi connectivity index (χ1) is 13.3. The number of benzene rings is 1. The maximum Gasteiger partial charge on any atom is 0.258 e.